The quantitative estimate of drug-likeness (QED) is 0.504. The number of fused-ring (bicyclic) bond motifs is 3. The number of hydrogen-bond donors (Lipinski definition) is 1. The van der Waals surface area contributed by atoms with Gasteiger partial charge in [-0.2, -0.15) is 14.5 Å². The normalized spacial score (nSPS) is 11.5. The Labute approximate surface area is 156 Å². The van der Waals surface area contributed by atoms with Gasteiger partial charge in [0.15, 0.2) is 5.82 Å². The summed E-state index contributed by atoms with van der Waals surface area (Å²) in [6, 6.07) is 9.05. The van der Waals surface area contributed by atoms with Crippen LogP contribution in [0.1, 0.15) is 5.82 Å². The van der Waals surface area contributed by atoms with E-state index in [4.69, 9.17) is 11.6 Å². The Kier molecular flexibility index (Phi) is 3.31. The summed E-state index contributed by atoms with van der Waals surface area (Å²) >= 11 is 6.24. The van der Waals surface area contributed by atoms with Gasteiger partial charge in [-0.15, -0.1) is 10.2 Å². The maximum absolute atomic E-state index is 12.9. The molecule has 1 aromatic carbocycles. The number of nitrogens with zero attached hydrogens (tertiary/aromatic N) is 7. The van der Waals surface area contributed by atoms with Crippen molar-refractivity contribution in [2.45, 2.75) is 6.92 Å². The topological polar surface area (TPSA) is 107 Å². The summed E-state index contributed by atoms with van der Waals surface area (Å²) in [6.45, 7) is 1.76. The standard InChI is InChI=1S/C17H11ClN8O/c1-9-20-17(23-22-9)25-7-6-13-11(15(25)27)8-19-16-21-14(24-26(13)16)10-4-2-3-5-12(10)18/h2-8H,1H3,(H,20,22,23). The zero-order valence-electron chi connectivity index (χ0n) is 14.0. The largest absolute Gasteiger partial charge is 0.268 e. The Bertz CT molecular complexity index is 1380. The summed E-state index contributed by atoms with van der Waals surface area (Å²) in [5.74, 6) is 1.71. The van der Waals surface area contributed by atoms with E-state index < -0.39 is 0 Å². The van der Waals surface area contributed by atoms with Crippen LogP contribution in [0.5, 0.6) is 0 Å². The smallest absolute Gasteiger partial charge is 0.268 e. The molecular formula is C17H11ClN8O. The zero-order valence-corrected chi connectivity index (χ0v) is 14.7. The van der Waals surface area contributed by atoms with Gasteiger partial charge in [0.1, 0.15) is 5.82 Å². The molecule has 0 aliphatic rings. The summed E-state index contributed by atoms with van der Waals surface area (Å²) in [5, 5.41) is 12.2. The number of halogens is 1. The zero-order chi connectivity index (χ0) is 18.5. The third-order valence-electron chi connectivity index (χ3n) is 4.15. The highest BCUT2D eigenvalue weighted by molar-refractivity contribution is 6.33. The third kappa shape index (κ3) is 2.40. The second-order valence-corrected chi connectivity index (χ2v) is 6.30. The number of aryl methyl sites for hydroxylation is 1. The number of aromatic amines is 1. The van der Waals surface area contributed by atoms with E-state index in [0.717, 1.165) is 0 Å². The molecule has 132 valence electrons. The molecule has 0 unspecified atom stereocenters. The molecule has 0 fully saturated rings. The van der Waals surface area contributed by atoms with Crippen molar-refractivity contribution in [3.8, 4) is 17.3 Å². The van der Waals surface area contributed by atoms with Crippen molar-refractivity contribution in [2.24, 2.45) is 0 Å². The van der Waals surface area contributed by atoms with Crippen LogP contribution in [-0.4, -0.2) is 39.3 Å². The number of aromatic nitrogens is 8. The molecule has 0 spiro atoms. The lowest BCUT2D eigenvalue weighted by atomic mass is 10.2. The molecule has 0 radical (unpaired) electrons. The lowest BCUT2D eigenvalue weighted by molar-refractivity contribution is 0.894. The molecule has 4 heterocycles. The third-order valence-corrected chi connectivity index (χ3v) is 4.48. The number of pyridine rings is 1. The van der Waals surface area contributed by atoms with E-state index >= 15 is 0 Å². The minimum atomic E-state index is -0.296. The Balaban J connectivity index is 1.75. The van der Waals surface area contributed by atoms with Gasteiger partial charge >= 0.3 is 0 Å². The van der Waals surface area contributed by atoms with Crippen molar-refractivity contribution in [3.05, 3.63) is 63.9 Å². The fourth-order valence-corrected chi connectivity index (χ4v) is 3.09. The number of rotatable bonds is 2. The predicted octanol–water partition coefficient (Wildman–Crippen LogP) is 2.18. The van der Waals surface area contributed by atoms with Gasteiger partial charge in [0.25, 0.3) is 17.3 Å². The molecule has 4 aromatic heterocycles. The van der Waals surface area contributed by atoms with Crippen LogP contribution < -0.4 is 5.56 Å². The molecule has 0 amide bonds. The van der Waals surface area contributed by atoms with Crippen LogP contribution in [0, 0.1) is 6.92 Å². The monoisotopic (exact) mass is 378 g/mol. The number of H-pyrrole nitrogens is 1. The summed E-state index contributed by atoms with van der Waals surface area (Å²) in [7, 11) is 0. The van der Waals surface area contributed by atoms with Gasteiger partial charge in [-0.3, -0.25) is 9.89 Å². The molecule has 1 N–H and O–H groups in total. The maximum atomic E-state index is 12.9. The first-order valence-corrected chi connectivity index (χ1v) is 8.41. The molecule has 5 rings (SSSR count). The summed E-state index contributed by atoms with van der Waals surface area (Å²) in [5.41, 5.74) is 0.984. The number of nitrogens with one attached hydrogen (secondary N) is 1. The van der Waals surface area contributed by atoms with Crippen molar-refractivity contribution in [3.63, 3.8) is 0 Å². The molecular weight excluding hydrogens is 368 g/mol. The first-order chi connectivity index (χ1) is 13.1. The maximum Gasteiger partial charge on any atom is 0.268 e. The summed E-state index contributed by atoms with van der Waals surface area (Å²) < 4.78 is 2.88. The van der Waals surface area contributed by atoms with Crippen LogP contribution in [0.4, 0.5) is 0 Å². The van der Waals surface area contributed by atoms with Crippen molar-refractivity contribution in [2.75, 3.05) is 0 Å². The van der Waals surface area contributed by atoms with Crippen molar-refractivity contribution in [1.29, 1.82) is 0 Å². The van der Waals surface area contributed by atoms with E-state index in [2.05, 4.69) is 30.2 Å². The lowest BCUT2D eigenvalue weighted by Crippen LogP contribution is -2.20. The molecule has 0 saturated heterocycles. The Morgan fingerprint density at radius 1 is 1.15 bits per heavy atom. The van der Waals surface area contributed by atoms with Crippen LogP contribution in [0.15, 0.2) is 47.5 Å². The fraction of sp³-hybridized carbons (Fsp3) is 0.0588. The second-order valence-electron chi connectivity index (χ2n) is 5.90. The van der Waals surface area contributed by atoms with Crippen molar-refractivity contribution in [1.82, 2.24) is 39.3 Å². The molecule has 0 aliphatic carbocycles. The van der Waals surface area contributed by atoms with Gasteiger partial charge in [-0.25, -0.2) is 9.55 Å². The Hall–Kier alpha value is -3.59. The van der Waals surface area contributed by atoms with E-state index in [-0.39, 0.29) is 11.5 Å². The van der Waals surface area contributed by atoms with Gasteiger partial charge in [0.05, 0.1) is 15.9 Å². The van der Waals surface area contributed by atoms with Gasteiger partial charge in [0, 0.05) is 18.0 Å². The molecule has 5 aromatic rings. The summed E-state index contributed by atoms with van der Waals surface area (Å²) in [4.78, 5) is 25.7. The molecule has 27 heavy (non-hydrogen) atoms. The first-order valence-electron chi connectivity index (χ1n) is 8.03. The van der Waals surface area contributed by atoms with Crippen LogP contribution in [0.3, 0.4) is 0 Å². The lowest BCUT2D eigenvalue weighted by Gasteiger charge is -2.03. The second kappa shape index (κ2) is 5.71. The van der Waals surface area contributed by atoms with Gasteiger partial charge in [-0.1, -0.05) is 23.7 Å². The van der Waals surface area contributed by atoms with Gasteiger partial charge in [0.2, 0.25) is 0 Å². The van der Waals surface area contributed by atoms with Crippen molar-refractivity contribution >= 4 is 28.3 Å². The SMILES string of the molecule is Cc1nc(-n2ccc3c(cnc4nc(-c5ccccc5Cl)nn43)c2=O)n[nH]1. The molecule has 10 heteroatoms. The van der Waals surface area contributed by atoms with E-state index in [1.165, 1.54) is 15.3 Å². The van der Waals surface area contributed by atoms with Gasteiger partial charge in [-0.05, 0) is 25.1 Å². The highest BCUT2D eigenvalue weighted by Crippen LogP contribution is 2.25. The fourth-order valence-electron chi connectivity index (χ4n) is 2.87. The Morgan fingerprint density at radius 2 is 2.00 bits per heavy atom. The summed E-state index contributed by atoms with van der Waals surface area (Å²) in [6.07, 6.45) is 3.08. The first kappa shape index (κ1) is 15.6. The van der Waals surface area contributed by atoms with Crippen LogP contribution in [0.2, 0.25) is 5.02 Å². The van der Waals surface area contributed by atoms with Crippen LogP contribution in [0.25, 0.3) is 34.0 Å². The Morgan fingerprint density at radius 3 is 2.78 bits per heavy atom. The molecule has 9 nitrogen and oxygen atoms in total. The van der Waals surface area contributed by atoms with Crippen LogP contribution in [-0.2, 0) is 0 Å². The van der Waals surface area contributed by atoms with E-state index in [1.807, 2.05) is 18.2 Å². The highest BCUT2D eigenvalue weighted by atomic mass is 35.5. The minimum Gasteiger partial charge on any atom is -0.268 e. The van der Waals surface area contributed by atoms with E-state index in [9.17, 15) is 4.79 Å². The average Bonchev–Trinajstić information content (AvgIpc) is 3.28. The van der Waals surface area contributed by atoms with Crippen LogP contribution >= 0.6 is 11.6 Å². The molecule has 0 bridgehead atoms. The number of hydrogen-bond acceptors (Lipinski definition) is 6. The van der Waals surface area contributed by atoms with E-state index in [1.54, 1.807) is 25.3 Å². The highest BCUT2D eigenvalue weighted by Gasteiger charge is 2.15. The van der Waals surface area contributed by atoms with Gasteiger partial charge < -0.3 is 0 Å². The number of benzene rings is 1. The molecule has 0 saturated carbocycles. The molecule has 0 atom stereocenters. The minimum absolute atomic E-state index is 0.273. The van der Waals surface area contributed by atoms with E-state index in [0.29, 0.717) is 38.9 Å². The molecule has 0 aliphatic heterocycles. The predicted molar refractivity (Wildman–Crippen MR) is 99.0 cm³/mol. The van der Waals surface area contributed by atoms with Crippen molar-refractivity contribution < 1.29 is 0 Å². The average molecular weight is 379 g/mol.